The lowest BCUT2D eigenvalue weighted by Gasteiger charge is -2.20. The molecule has 2 heterocycles. The number of carbonyl (C=O) groups excluding carboxylic acids is 1. The van der Waals surface area contributed by atoms with Crippen molar-refractivity contribution in [2.45, 2.75) is 59.7 Å². The van der Waals surface area contributed by atoms with Crippen LogP contribution in [0.2, 0.25) is 0 Å². The number of hydrogen-bond donors (Lipinski definition) is 1. The van der Waals surface area contributed by atoms with E-state index in [0.717, 1.165) is 39.0 Å². The largest absolute Gasteiger partial charge is 0.493 e. The van der Waals surface area contributed by atoms with Crippen LogP contribution in [0, 0.1) is 6.92 Å². The van der Waals surface area contributed by atoms with Crippen LogP contribution in [0.15, 0.2) is 58.3 Å². The first-order valence-corrected chi connectivity index (χ1v) is 13.5. The van der Waals surface area contributed by atoms with Crippen LogP contribution in [0.25, 0.3) is 0 Å². The van der Waals surface area contributed by atoms with Crippen LogP contribution < -0.4 is 26.0 Å². The molecule has 2 aromatic carbocycles. The molecule has 1 aliphatic heterocycles. The molecule has 0 fully saturated rings. The Labute approximate surface area is 229 Å². The molecule has 4 rings (SSSR count). The van der Waals surface area contributed by atoms with Gasteiger partial charge in [0.25, 0.3) is 5.56 Å². The molecule has 0 radical (unpaired) electrons. The van der Waals surface area contributed by atoms with Gasteiger partial charge in [-0.2, -0.15) is 0 Å². The Balaban J connectivity index is 0.00000205. The summed E-state index contributed by atoms with van der Waals surface area (Å²) in [6.45, 7) is 9.69. The second-order valence-corrected chi connectivity index (χ2v) is 9.06. The van der Waals surface area contributed by atoms with E-state index in [1.165, 1.54) is 16.8 Å². The summed E-state index contributed by atoms with van der Waals surface area (Å²) in [5.41, 5.74) is 3.43. The van der Waals surface area contributed by atoms with E-state index in [4.69, 9.17) is 14.2 Å². The quantitative estimate of drug-likeness (QED) is 0.373. The molecule has 1 atom stereocenters. The molecule has 3 aromatic rings. The predicted molar refractivity (Wildman–Crippen MR) is 150 cm³/mol. The highest BCUT2D eigenvalue weighted by molar-refractivity contribution is 5.70. The fourth-order valence-corrected chi connectivity index (χ4v) is 4.41. The standard InChI is InChI=1S/C28H33N3O6.C2H6/c1-4-35-27(33)17-23(21-6-8-25-22(16-21)10-13-36-25)29-18-20-5-7-24(19(2)15-20)37-14-12-31-26(32)9-11-30(3)28(31)34;1-2/h5-9,11,15-16,23,29H,4,10,12-14,17-18H2,1-3H3;1-2H3. The number of aryl methyl sites for hydroxylation is 2. The monoisotopic (exact) mass is 537 g/mol. The molecule has 1 unspecified atom stereocenters. The molecular formula is C30H39N3O6. The molecule has 210 valence electrons. The number of esters is 1. The Morgan fingerprint density at radius 2 is 1.92 bits per heavy atom. The van der Waals surface area contributed by atoms with Gasteiger partial charge in [0.1, 0.15) is 18.1 Å². The van der Waals surface area contributed by atoms with Crippen LogP contribution in [-0.2, 0) is 36.1 Å². The second kappa shape index (κ2) is 14.3. The molecule has 0 amide bonds. The molecular weight excluding hydrogens is 498 g/mol. The minimum absolute atomic E-state index is 0.163. The van der Waals surface area contributed by atoms with Crippen molar-refractivity contribution in [3.63, 3.8) is 0 Å². The molecule has 0 spiro atoms. The number of rotatable bonds is 11. The van der Waals surface area contributed by atoms with Crippen molar-refractivity contribution < 1.29 is 19.0 Å². The first-order chi connectivity index (χ1) is 18.9. The van der Waals surface area contributed by atoms with E-state index >= 15 is 0 Å². The number of aromatic nitrogens is 2. The van der Waals surface area contributed by atoms with Crippen molar-refractivity contribution in [1.82, 2.24) is 14.5 Å². The van der Waals surface area contributed by atoms with E-state index in [1.54, 1.807) is 14.0 Å². The summed E-state index contributed by atoms with van der Waals surface area (Å²) in [5, 5.41) is 3.50. The Morgan fingerprint density at radius 1 is 1.13 bits per heavy atom. The Bertz CT molecular complexity index is 1380. The van der Waals surface area contributed by atoms with Crippen molar-refractivity contribution in [3.05, 3.63) is 91.8 Å². The van der Waals surface area contributed by atoms with Gasteiger partial charge >= 0.3 is 11.7 Å². The number of fused-ring (bicyclic) bond motifs is 1. The van der Waals surface area contributed by atoms with Gasteiger partial charge in [-0.25, -0.2) is 4.79 Å². The maximum Gasteiger partial charge on any atom is 0.330 e. The topological polar surface area (TPSA) is 101 Å². The smallest absolute Gasteiger partial charge is 0.330 e. The summed E-state index contributed by atoms with van der Waals surface area (Å²) >= 11 is 0. The van der Waals surface area contributed by atoms with Gasteiger partial charge in [0.15, 0.2) is 0 Å². The normalized spacial score (nSPS) is 12.5. The van der Waals surface area contributed by atoms with E-state index in [2.05, 4.69) is 11.4 Å². The third kappa shape index (κ3) is 7.83. The van der Waals surface area contributed by atoms with Crippen molar-refractivity contribution in [2.75, 3.05) is 19.8 Å². The first kappa shape index (κ1) is 29.7. The number of hydrogen-bond acceptors (Lipinski definition) is 7. The predicted octanol–water partition coefficient (Wildman–Crippen LogP) is 3.68. The van der Waals surface area contributed by atoms with Crippen LogP contribution >= 0.6 is 0 Å². The van der Waals surface area contributed by atoms with Gasteiger partial charge in [0.05, 0.1) is 26.2 Å². The number of nitrogens with one attached hydrogen (secondary N) is 1. The minimum Gasteiger partial charge on any atom is -0.493 e. The van der Waals surface area contributed by atoms with Crippen molar-refractivity contribution in [1.29, 1.82) is 0 Å². The van der Waals surface area contributed by atoms with Gasteiger partial charge < -0.3 is 24.1 Å². The highest BCUT2D eigenvalue weighted by Gasteiger charge is 2.20. The molecule has 0 saturated heterocycles. The summed E-state index contributed by atoms with van der Waals surface area (Å²) in [7, 11) is 1.60. The average Bonchev–Trinajstić information content (AvgIpc) is 3.41. The Morgan fingerprint density at radius 3 is 2.67 bits per heavy atom. The maximum absolute atomic E-state index is 12.3. The van der Waals surface area contributed by atoms with E-state index < -0.39 is 0 Å². The zero-order valence-electron chi connectivity index (χ0n) is 23.5. The van der Waals surface area contributed by atoms with Crippen LogP contribution in [0.5, 0.6) is 11.5 Å². The van der Waals surface area contributed by atoms with Crippen LogP contribution in [0.4, 0.5) is 0 Å². The van der Waals surface area contributed by atoms with Gasteiger partial charge in [0, 0.05) is 38.3 Å². The Hall–Kier alpha value is -3.85. The van der Waals surface area contributed by atoms with Crippen molar-refractivity contribution in [3.8, 4) is 11.5 Å². The lowest BCUT2D eigenvalue weighted by molar-refractivity contribution is -0.143. The van der Waals surface area contributed by atoms with Crippen LogP contribution in [0.3, 0.4) is 0 Å². The fraction of sp³-hybridized carbons (Fsp3) is 0.433. The first-order valence-electron chi connectivity index (χ1n) is 13.5. The minimum atomic E-state index is -0.373. The van der Waals surface area contributed by atoms with E-state index in [1.807, 2.05) is 51.1 Å². The highest BCUT2D eigenvalue weighted by atomic mass is 16.5. The van der Waals surface area contributed by atoms with Gasteiger partial charge in [0.2, 0.25) is 0 Å². The molecule has 1 aromatic heterocycles. The number of ether oxygens (including phenoxy) is 3. The molecule has 1 aliphatic rings. The number of benzene rings is 2. The van der Waals surface area contributed by atoms with E-state index in [9.17, 15) is 14.4 Å². The van der Waals surface area contributed by atoms with Gasteiger partial charge in [-0.15, -0.1) is 0 Å². The zero-order valence-corrected chi connectivity index (χ0v) is 23.5. The third-order valence-corrected chi connectivity index (χ3v) is 6.40. The second-order valence-electron chi connectivity index (χ2n) is 9.06. The molecule has 0 aliphatic carbocycles. The summed E-state index contributed by atoms with van der Waals surface area (Å²) in [6, 6.07) is 13.1. The van der Waals surface area contributed by atoms with E-state index in [-0.39, 0.29) is 42.8 Å². The number of nitrogens with zero attached hydrogens (tertiary/aromatic N) is 2. The molecule has 1 N–H and O–H groups in total. The lowest BCUT2D eigenvalue weighted by atomic mass is 9.99. The lowest BCUT2D eigenvalue weighted by Crippen LogP contribution is -2.39. The molecule has 39 heavy (non-hydrogen) atoms. The fourth-order valence-electron chi connectivity index (χ4n) is 4.41. The average molecular weight is 538 g/mol. The van der Waals surface area contributed by atoms with Crippen molar-refractivity contribution >= 4 is 5.97 Å². The zero-order chi connectivity index (χ0) is 28.4. The van der Waals surface area contributed by atoms with Gasteiger partial charge in [-0.05, 0) is 48.2 Å². The summed E-state index contributed by atoms with van der Waals surface area (Å²) in [4.78, 5) is 36.4. The molecule has 9 nitrogen and oxygen atoms in total. The maximum atomic E-state index is 12.3. The highest BCUT2D eigenvalue weighted by Crippen LogP contribution is 2.30. The summed E-state index contributed by atoms with van der Waals surface area (Å²) in [6.07, 6.45) is 2.55. The van der Waals surface area contributed by atoms with Gasteiger partial charge in [-0.3, -0.25) is 14.2 Å². The molecule has 0 bridgehead atoms. The van der Waals surface area contributed by atoms with Crippen LogP contribution in [0.1, 0.15) is 55.5 Å². The Kier molecular flexibility index (Phi) is 10.9. The van der Waals surface area contributed by atoms with Gasteiger partial charge in [-0.1, -0.05) is 38.1 Å². The van der Waals surface area contributed by atoms with Crippen LogP contribution in [-0.4, -0.2) is 34.9 Å². The molecule has 0 saturated carbocycles. The summed E-state index contributed by atoms with van der Waals surface area (Å²) < 4.78 is 19.2. The van der Waals surface area contributed by atoms with E-state index in [0.29, 0.717) is 25.5 Å². The SMILES string of the molecule is CC.CCOC(=O)CC(NCc1ccc(OCCn2c(=O)ccn(C)c2=O)c(C)c1)c1ccc2c(c1)CCO2. The third-order valence-electron chi connectivity index (χ3n) is 6.40. The molecule has 9 heteroatoms. The summed E-state index contributed by atoms with van der Waals surface area (Å²) in [5.74, 6) is 1.35. The van der Waals surface area contributed by atoms with Crippen molar-refractivity contribution in [2.24, 2.45) is 7.05 Å². The number of carbonyl (C=O) groups is 1.